The number of hydrogen-bond acceptors (Lipinski definition) is 0. The molecule has 0 N–H and O–H groups in total. The van der Waals surface area contributed by atoms with Gasteiger partial charge >= 0.3 is 0 Å². The van der Waals surface area contributed by atoms with E-state index in [1.807, 2.05) is 6.08 Å². The van der Waals surface area contributed by atoms with Crippen molar-refractivity contribution in [2.75, 3.05) is 0 Å². The first-order valence-electron chi connectivity index (χ1n) is 14.9. The molecule has 3 unspecified atom stereocenters. The highest BCUT2D eigenvalue weighted by Crippen LogP contribution is 2.56. The van der Waals surface area contributed by atoms with Gasteiger partial charge in [0.2, 0.25) is 0 Å². The minimum Gasteiger partial charge on any atom is -0.103 e. The van der Waals surface area contributed by atoms with Crippen LogP contribution in [0.15, 0.2) is 120 Å². The van der Waals surface area contributed by atoms with Crippen LogP contribution in [0.3, 0.4) is 0 Å². The van der Waals surface area contributed by atoms with E-state index in [9.17, 15) is 0 Å². The van der Waals surface area contributed by atoms with Crippen molar-refractivity contribution in [1.29, 1.82) is 0 Å². The van der Waals surface area contributed by atoms with Crippen LogP contribution in [-0.2, 0) is 12.8 Å². The molecule has 0 heterocycles. The molecule has 0 saturated heterocycles. The van der Waals surface area contributed by atoms with Crippen LogP contribution in [-0.4, -0.2) is 0 Å². The summed E-state index contributed by atoms with van der Waals surface area (Å²) in [6.45, 7) is 22.6. The molecule has 0 spiro atoms. The Labute approximate surface area is 236 Å². The Bertz CT molecular complexity index is 1450. The zero-order chi connectivity index (χ0) is 27.7. The van der Waals surface area contributed by atoms with E-state index < -0.39 is 0 Å². The molecule has 200 valence electrons. The topological polar surface area (TPSA) is 0 Å². The number of fused-ring (bicyclic) bond motifs is 2. The molecule has 0 aromatic heterocycles. The van der Waals surface area contributed by atoms with Crippen molar-refractivity contribution in [3.05, 3.63) is 148 Å². The lowest BCUT2D eigenvalue weighted by molar-refractivity contribution is 0.614. The number of benzene rings is 2. The van der Waals surface area contributed by atoms with Crippen molar-refractivity contribution >= 4 is 5.57 Å². The maximum atomic E-state index is 4.81. The molecule has 5 rings (SSSR count). The van der Waals surface area contributed by atoms with Gasteiger partial charge in [0.1, 0.15) is 0 Å². The normalized spacial score (nSPS) is 23.0. The van der Waals surface area contributed by atoms with E-state index in [0.29, 0.717) is 11.8 Å². The van der Waals surface area contributed by atoms with Crippen LogP contribution in [0.25, 0.3) is 5.57 Å². The van der Waals surface area contributed by atoms with E-state index in [2.05, 4.69) is 102 Å². The van der Waals surface area contributed by atoms with E-state index in [1.165, 1.54) is 66.8 Å². The van der Waals surface area contributed by atoms with E-state index in [1.54, 1.807) is 0 Å². The summed E-state index contributed by atoms with van der Waals surface area (Å²) in [6, 6.07) is 16.0. The number of hydrogen-bond donors (Lipinski definition) is 0. The van der Waals surface area contributed by atoms with Crippen LogP contribution >= 0.6 is 0 Å². The van der Waals surface area contributed by atoms with E-state index in [4.69, 9.17) is 6.58 Å². The Morgan fingerprint density at radius 2 is 1.79 bits per heavy atom. The molecular formula is C39H44. The average Bonchev–Trinajstić information content (AvgIpc) is 3.44. The van der Waals surface area contributed by atoms with Gasteiger partial charge in [-0.1, -0.05) is 118 Å². The molecule has 0 radical (unpaired) electrons. The molecule has 1 fully saturated rings. The van der Waals surface area contributed by atoms with Crippen molar-refractivity contribution in [1.82, 2.24) is 0 Å². The number of rotatable bonds is 9. The zero-order valence-electron chi connectivity index (χ0n) is 24.4. The minimum absolute atomic E-state index is 0.280. The number of aryl methyl sites for hydroxylation is 2. The third-order valence-corrected chi connectivity index (χ3v) is 9.12. The van der Waals surface area contributed by atoms with Gasteiger partial charge in [-0.25, -0.2) is 0 Å². The highest BCUT2D eigenvalue weighted by atomic mass is 14.4. The largest absolute Gasteiger partial charge is 0.103 e. The van der Waals surface area contributed by atoms with Gasteiger partial charge in [0, 0.05) is 17.8 Å². The highest BCUT2D eigenvalue weighted by molar-refractivity contribution is 5.83. The fraction of sp³-hybridized carbons (Fsp3) is 0.333. The lowest BCUT2D eigenvalue weighted by atomic mass is 9.68. The molecule has 1 saturated carbocycles. The predicted molar refractivity (Wildman–Crippen MR) is 170 cm³/mol. The molecule has 3 aliphatic carbocycles. The zero-order valence-corrected chi connectivity index (χ0v) is 24.4. The summed E-state index contributed by atoms with van der Waals surface area (Å²) in [5.41, 5.74) is 16.8. The Morgan fingerprint density at radius 3 is 2.51 bits per heavy atom. The van der Waals surface area contributed by atoms with Crippen molar-refractivity contribution in [3.63, 3.8) is 0 Å². The molecule has 2 aromatic carbocycles. The second kappa shape index (κ2) is 11.4. The van der Waals surface area contributed by atoms with Gasteiger partial charge in [0.05, 0.1) is 0 Å². The average molecular weight is 513 g/mol. The van der Waals surface area contributed by atoms with Crippen LogP contribution in [0, 0.1) is 5.92 Å². The van der Waals surface area contributed by atoms with Crippen molar-refractivity contribution in [3.8, 4) is 0 Å². The summed E-state index contributed by atoms with van der Waals surface area (Å²) in [5, 5.41) is 0. The molecule has 3 aliphatic rings. The molecular weight excluding hydrogens is 468 g/mol. The molecule has 39 heavy (non-hydrogen) atoms. The van der Waals surface area contributed by atoms with Crippen LogP contribution in [0.5, 0.6) is 0 Å². The van der Waals surface area contributed by atoms with Gasteiger partial charge in [-0.05, 0) is 94.7 Å². The van der Waals surface area contributed by atoms with Crippen LogP contribution in [0.4, 0.5) is 0 Å². The Hall–Kier alpha value is -3.38. The van der Waals surface area contributed by atoms with Gasteiger partial charge in [-0.2, -0.15) is 0 Å². The molecule has 0 bridgehead atoms. The van der Waals surface area contributed by atoms with Crippen LogP contribution < -0.4 is 0 Å². The van der Waals surface area contributed by atoms with Crippen LogP contribution in [0.2, 0.25) is 0 Å². The highest BCUT2D eigenvalue weighted by Gasteiger charge is 2.41. The van der Waals surface area contributed by atoms with E-state index in [0.717, 1.165) is 38.5 Å². The summed E-state index contributed by atoms with van der Waals surface area (Å²) >= 11 is 0. The second-order valence-corrected chi connectivity index (χ2v) is 11.6. The monoisotopic (exact) mass is 512 g/mol. The van der Waals surface area contributed by atoms with Crippen molar-refractivity contribution < 1.29 is 0 Å². The Balaban J connectivity index is 1.62. The molecule has 3 atom stereocenters. The molecule has 0 amide bonds. The second-order valence-electron chi connectivity index (χ2n) is 11.6. The van der Waals surface area contributed by atoms with E-state index >= 15 is 0 Å². The summed E-state index contributed by atoms with van der Waals surface area (Å²) in [4.78, 5) is 0. The van der Waals surface area contributed by atoms with Gasteiger partial charge in [0.15, 0.2) is 0 Å². The Kier molecular flexibility index (Phi) is 7.94. The quantitative estimate of drug-likeness (QED) is 0.293. The molecule has 0 aliphatic heterocycles. The molecule has 0 heteroatoms. The van der Waals surface area contributed by atoms with E-state index in [-0.39, 0.29) is 5.92 Å². The fourth-order valence-electron chi connectivity index (χ4n) is 7.25. The smallest absolute Gasteiger partial charge is 0.0203 e. The first-order valence-corrected chi connectivity index (χ1v) is 14.9. The summed E-state index contributed by atoms with van der Waals surface area (Å²) in [6.07, 6.45) is 15.6. The van der Waals surface area contributed by atoms with Gasteiger partial charge < -0.3 is 0 Å². The first-order chi connectivity index (χ1) is 18.9. The lowest BCUT2D eigenvalue weighted by Crippen LogP contribution is -2.22. The number of allylic oxidation sites excluding steroid dienone is 11. The summed E-state index contributed by atoms with van der Waals surface area (Å²) in [5.74, 6) is 0.982. The predicted octanol–water partition coefficient (Wildman–Crippen LogP) is 10.8. The van der Waals surface area contributed by atoms with Crippen molar-refractivity contribution in [2.24, 2.45) is 5.92 Å². The molecule has 2 aromatic rings. The summed E-state index contributed by atoms with van der Waals surface area (Å²) in [7, 11) is 0. The first kappa shape index (κ1) is 27.2. The fourth-order valence-corrected chi connectivity index (χ4v) is 7.25. The maximum Gasteiger partial charge on any atom is 0.0203 e. The molecule has 0 nitrogen and oxygen atoms in total. The van der Waals surface area contributed by atoms with Crippen LogP contribution in [0.1, 0.15) is 93.0 Å². The maximum absolute atomic E-state index is 4.81. The Morgan fingerprint density at radius 1 is 1.00 bits per heavy atom. The standard InChI is InChI=1S/C39H44/c1-8-14-25(5)37-26(6)20-33-24-31(23-32-22-30(15-9-2)34-16-12-13-17-35(32)34)27(7)38(33)39(37)36-21-28(10-3)18-19-29(36)11-4/h9,12-13,16-23,30,38-39H,2,5,7-8,10-11,14-15,24H2,1,3-4,6H3/b31-23+. The third-order valence-electron chi connectivity index (χ3n) is 9.12. The van der Waals surface area contributed by atoms with Gasteiger partial charge in [-0.15, -0.1) is 6.58 Å². The van der Waals surface area contributed by atoms with Gasteiger partial charge in [-0.3, -0.25) is 0 Å². The third kappa shape index (κ3) is 4.91. The van der Waals surface area contributed by atoms with Crippen molar-refractivity contribution in [2.45, 2.75) is 78.1 Å². The SMILES string of the molecule is C=CCC1C=C(/C=C2\CC3=CC(C)=C(C(=C)CCC)C(c4cc(CC)ccc4CC)C3C2=C)c2ccccc21. The summed E-state index contributed by atoms with van der Waals surface area (Å²) < 4.78 is 0. The minimum atomic E-state index is 0.280. The van der Waals surface area contributed by atoms with Gasteiger partial charge in [0.25, 0.3) is 0 Å². The lowest BCUT2D eigenvalue weighted by Gasteiger charge is -2.36.